The van der Waals surface area contributed by atoms with E-state index in [1.54, 1.807) is 24.1 Å². The number of nitro groups is 1. The molecule has 0 saturated heterocycles. The fraction of sp³-hybridized carbons (Fsp3) is 0.250. The number of hydrogen-bond acceptors (Lipinski definition) is 6. The van der Waals surface area contributed by atoms with E-state index in [0.717, 1.165) is 5.69 Å². The summed E-state index contributed by atoms with van der Waals surface area (Å²) >= 11 is 0. The van der Waals surface area contributed by atoms with Crippen LogP contribution in [0.5, 0.6) is 0 Å². The summed E-state index contributed by atoms with van der Waals surface area (Å²) in [5, 5.41) is 19.7. The summed E-state index contributed by atoms with van der Waals surface area (Å²) in [5.74, 6) is -0.481. The van der Waals surface area contributed by atoms with Crippen LogP contribution in [0.3, 0.4) is 0 Å². The molecule has 0 aliphatic carbocycles. The molecule has 2 atom stereocenters. The second-order valence-electron chi connectivity index (χ2n) is 6.60. The van der Waals surface area contributed by atoms with E-state index in [9.17, 15) is 19.7 Å². The topological polar surface area (TPSA) is 105 Å². The molecule has 0 bridgehead atoms. The van der Waals surface area contributed by atoms with Gasteiger partial charge in [-0.3, -0.25) is 24.7 Å². The summed E-state index contributed by atoms with van der Waals surface area (Å²) < 4.78 is 0. The van der Waals surface area contributed by atoms with Crippen molar-refractivity contribution >= 4 is 28.8 Å². The molecule has 1 N–H and O–H groups in total. The average molecular weight is 380 g/mol. The highest BCUT2D eigenvalue weighted by atomic mass is 16.6. The van der Waals surface area contributed by atoms with Crippen LogP contribution in [-0.4, -0.2) is 28.4 Å². The highest BCUT2D eigenvalue weighted by Crippen LogP contribution is 2.25. The number of amides is 1. The molecule has 2 aromatic rings. The lowest BCUT2D eigenvalue weighted by Gasteiger charge is -2.20. The van der Waals surface area contributed by atoms with Gasteiger partial charge in [-0.05, 0) is 31.5 Å². The third-order valence-electron chi connectivity index (χ3n) is 4.59. The summed E-state index contributed by atoms with van der Waals surface area (Å²) in [6.07, 6.45) is 0.206. The van der Waals surface area contributed by atoms with Crippen LogP contribution in [0.15, 0.2) is 59.7 Å². The van der Waals surface area contributed by atoms with Crippen LogP contribution in [0.25, 0.3) is 0 Å². The maximum absolute atomic E-state index is 12.7. The van der Waals surface area contributed by atoms with Crippen molar-refractivity contribution in [1.82, 2.24) is 5.32 Å². The molecule has 0 spiro atoms. The molecule has 3 rings (SSSR count). The number of Topliss-reactive ketones (excluding diaryl/α,β-unsaturated/α-hetero) is 1. The van der Waals surface area contributed by atoms with Crippen molar-refractivity contribution in [2.45, 2.75) is 32.4 Å². The highest BCUT2D eigenvalue weighted by molar-refractivity contribution is 6.40. The monoisotopic (exact) mass is 380 g/mol. The maximum atomic E-state index is 12.7. The van der Waals surface area contributed by atoms with Crippen molar-refractivity contribution in [3.63, 3.8) is 0 Å². The molecule has 2 unspecified atom stereocenters. The fourth-order valence-corrected chi connectivity index (χ4v) is 3.05. The van der Waals surface area contributed by atoms with Crippen LogP contribution < -0.4 is 10.3 Å². The number of carbonyl (C=O) groups is 2. The van der Waals surface area contributed by atoms with Crippen molar-refractivity contribution in [3.8, 4) is 0 Å². The molecule has 0 saturated carbocycles. The second kappa shape index (κ2) is 7.99. The van der Waals surface area contributed by atoms with E-state index in [-0.39, 0.29) is 23.6 Å². The molecule has 144 valence electrons. The Balaban J connectivity index is 1.77. The third-order valence-corrected chi connectivity index (χ3v) is 4.59. The zero-order valence-corrected chi connectivity index (χ0v) is 15.5. The van der Waals surface area contributed by atoms with Gasteiger partial charge < -0.3 is 5.32 Å². The largest absolute Gasteiger partial charge is 0.344 e. The molecular formula is C20H20N4O4. The number of non-ortho nitro benzene ring substituents is 1. The van der Waals surface area contributed by atoms with Gasteiger partial charge in [-0.1, -0.05) is 30.3 Å². The van der Waals surface area contributed by atoms with E-state index >= 15 is 0 Å². The Hall–Kier alpha value is -3.55. The minimum absolute atomic E-state index is 0.0382. The number of nitrogens with one attached hydrogen (secondary N) is 1. The minimum Gasteiger partial charge on any atom is -0.344 e. The third kappa shape index (κ3) is 4.06. The van der Waals surface area contributed by atoms with E-state index in [1.807, 2.05) is 30.3 Å². The van der Waals surface area contributed by atoms with Gasteiger partial charge in [-0.25, -0.2) is 0 Å². The van der Waals surface area contributed by atoms with E-state index in [2.05, 4.69) is 10.4 Å². The van der Waals surface area contributed by atoms with Gasteiger partial charge in [-0.15, -0.1) is 0 Å². The van der Waals surface area contributed by atoms with Gasteiger partial charge in [0.1, 0.15) is 11.8 Å². The lowest BCUT2D eigenvalue weighted by atomic mass is 10.0. The first-order valence-electron chi connectivity index (χ1n) is 8.84. The van der Waals surface area contributed by atoms with Crippen LogP contribution in [-0.2, 0) is 9.59 Å². The normalized spacial score (nSPS) is 17.0. The number of hydrazone groups is 1. The van der Waals surface area contributed by atoms with Gasteiger partial charge in [0.15, 0.2) is 5.78 Å². The Morgan fingerprint density at radius 1 is 1.21 bits per heavy atom. The van der Waals surface area contributed by atoms with Crippen molar-refractivity contribution in [2.24, 2.45) is 5.10 Å². The van der Waals surface area contributed by atoms with E-state index in [4.69, 9.17) is 0 Å². The molecule has 28 heavy (non-hydrogen) atoms. The van der Waals surface area contributed by atoms with Gasteiger partial charge in [0.25, 0.3) is 11.6 Å². The highest BCUT2D eigenvalue weighted by Gasteiger charge is 2.34. The molecule has 0 fully saturated rings. The molecule has 0 aromatic heterocycles. The van der Waals surface area contributed by atoms with Crippen molar-refractivity contribution < 1.29 is 14.5 Å². The van der Waals surface area contributed by atoms with E-state index in [1.165, 1.54) is 19.1 Å². The quantitative estimate of drug-likeness (QED) is 0.613. The SMILES string of the molecule is CC(=O)C1CC(C(=O)NC(C)c2cccc([N+](=O)[O-])c2)=NN1c1ccccc1. The Morgan fingerprint density at radius 2 is 1.93 bits per heavy atom. The Kier molecular flexibility index (Phi) is 5.49. The number of hydrogen-bond donors (Lipinski definition) is 1. The van der Waals surface area contributed by atoms with Crippen molar-refractivity contribution in [1.29, 1.82) is 0 Å². The smallest absolute Gasteiger partial charge is 0.269 e. The number of para-hydroxylation sites is 1. The molecule has 1 aliphatic rings. The molecule has 1 heterocycles. The number of nitrogens with zero attached hydrogens (tertiary/aromatic N) is 3. The van der Waals surface area contributed by atoms with Crippen LogP contribution in [0.1, 0.15) is 31.9 Å². The zero-order chi connectivity index (χ0) is 20.3. The molecule has 2 aromatic carbocycles. The van der Waals surface area contributed by atoms with Gasteiger partial charge in [0, 0.05) is 18.6 Å². The van der Waals surface area contributed by atoms with Gasteiger partial charge in [0.2, 0.25) is 0 Å². The molecular weight excluding hydrogens is 360 g/mol. The standard InChI is InChI=1S/C20H20N4O4/c1-13(15-7-6-10-17(11-15)24(27)28)21-20(26)18-12-19(14(2)25)23(22-18)16-8-4-3-5-9-16/h3-11,13,19H,12H2,1-2H3,(H,21,26). The van der Waals surface area contributed by atoms with Gasteiger partial charge in [-0.2, -0.15) is 5.10 Å². The average Bonchev–Trinajstić information content (AvgIpc) is 3.14. The van der Waals surface area contributed by atoms with E-state index in [0.29, 0.717) is 5.56 Å². The molecule has 8 heteroatoms. The Morgan fingerprint density at radius 3 is 2.57 bits per heavy atom. The Bertz CT molecular complexity index is 942. The summed E-state index contributed by atoms with van der Waals surface area (Å²) in [5.41, 5.74) is 1.56. The number of benzene rings is 2. The van der Waals surface area contributed by atoms with Crippen LogP contribution in [0.4, 0.5) is 11.4 Å². The van der Waals surface area contributed by atoms with Gasteiger partial charge >= 0.3 is 0 Å². The first-order chi connectivity index (χ1) is 13.4. The van der Waals surface area contributed by atoms with Gasteiger partial charge in [0.05, 0.1) is 16.7 Å². The number of anilines is 1. The number of rotatable bonds is 6. The predicted molar refractivity (Wildman–Crippen MR) is 105 cm³/mol. The van der Waals surface area contributed by atoms with Crippen molar-refractivity contribution in [3.05, 3.63) is 70.3 Å². The van der Waals surface area contributed by atoms with Crippen molar-refractivity contribution in [2.75, 3.05) is 5.01 Å². The first kappa shape index (κ1) is 19.2. The van der Waals surface area contributed by atoms with E-state index < -0.39 is 22.9 Å². The lowest BCUT2D eigenvalue weighted by Crippen LogP contribution is -2.35. The predicted octanol–water partition coefficient (Wildman–Crippen LogP) is 3.00. The molecule has 1 amide bonds. The minimum atomic E-state index is -0.531. The van der Waals surface area contributed by atoms with Crippen LogP contribution in [0, 0.1) is 10.1 Å². The number of ketones is 1. The molecule has 1 aliphatic heterocycles. The van der Waals surface area contributed by atoms with Crippen LogP contribution >= 0.6 is 0 Å². The molecule has 8 nitrogen and oxygen atoms in total. The summed E-state index contributed by atoms with van der Waals surface area (Å²) in [6.45, 7) is 3.21. The number of nitro benzene ring substituents is 1. The summed E-state index contributed by atoms with van der Waals surface area (Å²) in [7, 11) is 0. The first-order valence-corrected chi connectivity index (χ1v) is 8.84. The zero-order valence-electron chi connectivity index (χ0n) is 15.5. The summed E-state index contributed by atoms with van der Waals surface area (Å²) in [4.78, 5) is 35.2. The maximum Gasteiger partial charge on any atom is 0.269 e. The van der Waals surface area contributed by atoms with Crippen LogP contribution in [0.2, 0.25) is 0 Å². The summed E-state index contributed by atoms with van der Waals surface area (Å²) in [6, 6.07) is 14.3. The second-order valence-corrected chi connectivity index (χ2v) is 6.60. The Labute approximate surface area is 162 Å². The number of carbonyl (C=O) groups excluding carboxylic acids is 2. The molecule has 0 radical (unpaired) electrons. The fourth-order valence-electron chi connectivity index (χ4n) is 3.05. The lowest BCUT2D eigenvalue weighted by molar-refractivity contribution is -0.384.